The highest BCUT2D eigenvalue weighted by molar-refractivity contribution is 5.85. The number of ether oxygens (including phenoxy) is 1. The predicted octanol–water partition coefficient (Wildman–Crippen LogP) is 3.05. The van der Waals surface area contributed by atoms with Gasteiger partial charge in [-0.1, -0.05) is 19.9 Å². The van der Waals surface area contributed by atoms with Crippen LogP contribution in [0.3, 0.4) is 0 Å². The van der Waals surface area contributed by atoms with E-state index in [9.17, 15) is 9.50 Å². The number of rotatable bonds is 6. The minimum absolute atomic E-state index is 0. The Morgan fingerprint density at radius 3 is 2.47 bits per heavy atom. The van der Waals surface area contributed by atoms with E-state index in [0.29, 0.717) is 17.9 Å². The molecule has 5 heteroatoms. The first-order valence-corrected chi connectivity index (χ1v) is 6.22. The topological polar surface area (TPSA) is 55.5 Å². The smallest absolute Gasteiger partial charge is 0.165 e. The van der Waals surface area contributed by atoms with Gasteiger partial charge in [0.25, 0.3) is 0 Å². The number of methoxy groups -OCH3 is 1. The highest BCUT2D eigenvalue weighted by Crippen LogP contribution is 2.25. The molecule has 19 heavy (non-hydrogen) atoms. The zero-order chi connectivity index (χ0) is 13.7. The Labute approximate surface area is 120 Å². The van der Waals surface area contributed by atoms with E-state index in [1.165, 1.54) is 13.2 Å². The molecule has 0 saturated heterocycles. The lowest BCUT2D eigenvalue weighted by molar-refractivity contribution is 0.128. The second-order valence-electron chi connectivity index (χ2n) is 4.96. The Hall–Kier alpha value is -0.840. The Kier molecular flexibility index (Phi) is 7.99. The first-order chi connectivity index (χ1) is 8.45. The van der Waals surface area contributed by atoms with Crippen LogP contribution in [0.1, 0.15) is 38.3 Å². The number of halogens is 2. The number of nitrogens with two attached hydrogens (primary N) is 1. The summed E-state index contributed by atoms with van der Waals surface area (Å²) in [5, 5.41) is 9.99. The Morgan fingerprint density at radius 1 is 1.32 bits per heavy atom. The fourth-order valence-electron chi connectivity index (χ4n) is 1.79. The van der Waals surface area contributed by atoms with Crippen LogP contribution in [-0.4, -0.2) is 18.3 Å². The van der Waals surface area contributed by atoms with E-state index in [1.54, 1.807) is 12.1 Å². The summed E-state index contributed by atoms with van der Waals surface area (Å²) in [5.41, 5.74) is 6.66. The maximum atomic E-state index is 13.3. The van der Waals surface area contributed by atoms with Gasteiger partial charge in [-0.05, 0) is 36.5 Å². The van der Waals surface area contributed by atoms with Crippen molar-refractivity contribution in [1.29, 1.82) is 0 Å². The highest BCUT2D eigenvalue weighted by Gasteiger charge is 2.18. The summed E-state index contributed by atoms with van der Waals surface area (Å²) in [6.45, 7) is 4.19. The van der Waals surface area contributed by atoms with Crippen molar-refractivity contribution in [3.63, 3.8) is 0 Å². The lowest BCUT2D eigenvalue weighted by atomic mass is 9.96. The average molecular weight is 292 g/mol. The quantitative estimate of drug-likeness (QED) is 0.847. The molecule has 0 radical (unpaired) electrons. The molecule has 1 aromatic rings. The SMILES string of the molecule is COc1cc([C@H](N)[C@H](O)CCC(C)C)ccc1F.Cl. The van der Waals surface area contributed by atoms with Gasteiger partial charge in [0, 0.05) is 0 Å². The van der Waals surface area contributed by atoms with Crippen LogP contribution in [0.25, 0.3) is 0 Å². The lowest BCUT2D eigenvalue weighted by Gasteiger charge is -2.20. The molecule has 0 heterocycles. The molecule has 0 aliphatic heterocycles. The molecule has 0 saturated carbocycles. The molecule has 3 nitrogen and oxygen atoms in total. The molecule has 1 aromatic carbocycles. The number of aliphatic hydroxyl groups is 1. The molecular weight excluding hydrogens is 269 g/mol. The first kappa shape index (κ1) is 18.2. The average Bonchev–Trinajstić information content (AvgIpc) is 2.35. The van der Waals surface area contributed by atoms with Crippen molar-refractivity contribution in [2.45, 2.75) is 38.8 Å². The van der Waals surface area contributed by atoms with E-state index < -0.39 is 18.0 Å². The fraction of sp³-hybridized carbons (Fsp3) is 0.571. The lowest BCUT2D eigenvalue weighted by Crippen LogP contribution is -2.26. The summed E-state index contributed by atoms with van der Waals surface area (Å²) >= 11 is 0. The monoisotopic (exact) mass is 291 g/mol. The van der Waals surface area contributed by atoms with Crippen LogP contribution in [0.15, 0.2) is 18.2 Å². The Bertz CT molecular complexity index is 388. The molecule has 110 valence electrons. The normalized spacial score (nSPS) is 13.8. The largest absolute Gasteiger partial charge is 0.494 e. The van der Waals surface area contributed by atoms with Crippen molar-refractivity contribution in [2.24, 2.45) is 11.7 Å². The number of aliphatic hydroxyl groups excluding tert-OH is 1. The third-order valence-corrected chi connectivity index (χ3v) is 3.01. The summed E-state index contributed by atoms with van der Waals surface area (Å²) in [4.78, 5) is 0. The van der Waals surface area contributed by atoms with E-state index in [1.807, 2.05) is 0 Å². The molecule has 2 atom stereocenters. The van der Waals surface area contributed by atoms with Crippen molar-refractivity contribution in [3.8, 4) is 5.75 Å². The minimum atomic E-state index is -0.623. The van der Waals surface area contributed by atoms with E-state index in [-0.39, 0.29) is 18.2 Å². The second-order valence-corrected chi connectivity index (χ2v) is 4.96. The zero-order valence-corrected chi connectivity index (χ0v) is 12.4. The van der Waals surface area contributed by atoms with Crippen molar-refractivity contribution >= 4 is 12.4 Å². The van der Waals surface area contributed by atoms with Gasteiger partial charge in [-0.2, -0.15) is 0 Å². The number of benzene rings is 1. The molecular formula is C14H23ClFNO2. The molecule has 0 bridgehead atoms. The standard InChI is InChI=1S/C14H22FNO2.ClH/c1-9(2)4-7-12(17)14(16)10-5-6-11(15)13(8-10)18-3;/h5-6,8-9,12,14,17H,4,7,16H2,1-3H3;1H/t12-,14+;/m1./s1. The van der Waals surface area contributed by atoms with E-state index in [4.69, 9.17) is 10.5 Å². The second kappa shape index (κ2) is 8.35. The van der Waals surface area contributed by atoms with Gasteiger partial charge >= 0.3 is 0 Å². The molecule has 0 aromatic heterocycles. The van der Waals surface area contributed by atoms with Crippen LogP contribution < -0.4 is 10.5 Å². The summed E-state index contributed by atoms with van der Waals surface area (Å²) in [7, 11) is 1.41. The van der Waals surface area contributed by atoms with Crippen molar-refractivity contribution in [2.75, 3.05) is 7.11 Å². The maximum absolute atomic E-state index is 13.3. The summed E-state index contributed by atoms with van der Waals surface area (Å²) in [6.07, 6.45) is 0.925. The van der Waals surface area contributed by atoms with Crippen LogP contribution in [0, 0.1) is 11.7 Å². The van der Waals surface area contributed by atoms with Gasteiger partial charge in [0.05, 0.1) is 19.3 Å². The summed E-state index contributed by atoms with van der Waals surface area (Å²) in [6, 6.07) is 3.92. The van der Waals surface area contributed by atoms with Crippen molar-refractivity contribution < 1.29 is 14.2 Å². The third-order valence-electron chi connectivity index (χ3n) is 3.01. The van der Waals surface area contributed by atoms with Crippen LogP contribution >= 0.6 is 12.4 Å². The number of hydrogen-bond acceptors (Lipinski definition) is 3. The summed E-state index contributed by atoms with van der Waals surface area (Å²) in [5.74, 6) is 0.249. The first-order valence-electron chi connectivity index (χ1n) is 6.22. The zero-order valence-electron chi connectivity index (χ0n) is 11.6. The molecule has 1 rings (SSSR count). The van der Waals surface area contributed by atoms with E-state index in [2.05, 4.69) is 13.8 Å². The van der Waals surface area contributed by atoms with E-state index in [0.717, 1.165) is 6.42 Å². The van der Waals surface area contributed by atoms with Gasteiger partial charge in [0.15, 0.2) is 11.6 Å². The van der Waals surface area contributed by atoms with Gasteiger partial charge in [-0.25, -0.2) is 4.39 Å². The van der Waals surface area contributed by atoms with E-state index >= 15 is 0 Å². The van der Waals surface area contributed by atoms with Gasteiger partial charge in [-0.3, -0.25) is 0 Å². The maximum Gasteiger partial charge on any atom is 0.165 e. The van der Waals surface area contributed by atoms with Crippen LogP contribution in [-0.2, 0) is 0 Å². The molecule has 0 fully saturated rings. The van der Waals surface area contributed by atoms with Crippen molar-refractivity contribution in [1.82, 2.24) is 0 Å². The van der Waals surface area contributed by atoms with Gasteiger partial charge in [0.2, 0.25) is 0 Å². The Balaban J connectivity index is 0.00000324. The predicted molar refractivity (Wildman–Crippen MR) is 77.2 cm³/mol. The Morgan fingerprint density at radius 2 is 1.95 bits per heavy atom. The van der Waals surface area contributed by atoms with Gasteiger partial charge in [0.1, 0.15) is 0 Å². The number of hydrogen-bond donors (Lipinski definition) is 2. The molecule has 0 spiro atoms. The third kappa shape index (κ3) is 5.35. The summed E-state index contributed by atoms with van der Waals surface area (Å²) < 4.78 is 18.2. The van der Waals surface area contributed by atoms with Crippen molar-refractivity contribution in [3.05, 3.63) is 29.6 Å². The molecule has 0 aliphatic carbocycles. The molecule has 0 unspecified atom stereocenters. The molecule has 0 amide bonds. The van der Waals surface area contributed by atoms with Crippen LogP contribution in [0.5, 0.6) is 5.75 Å². The van der Waals surface area contributed by atoms with Crippen LogP contribution in [0.2, 0.25) is 0 Å². The van der Waals surface area contributed by atoms with Gasteiger partial charge in [-0.15, -0.1) is 12.4 Å². The van der Waals surface area contributed by atoms with Gasteiger partial charge < -0.3 is 15.6 Å². The van der Waals surface area contributed by atoms with Crippen LogP contribution in [0.4, 0.5) is 4.39 Å². The minimum Gasteiger partial charge on any atom is -0.494 e. The fourth-order valence-corrected chi connectivity index (χ4v) is 1.79. The highest BCUT2D eigenvalue weighted by atomic mass is 35.5. The molecule has 3 N–H and O–H groups in total. The molecule has 0 aliphatic rings.